The van der Waals surface area contributed by atoms with Gasteiger partial charge in [0.25, 0.3) is 0 Å². The SMILES string of the molecule is CC.CCCCC1(C)COC(C)(C(N)C(O)c2ccc(O)cc2)OC1. The number of benzene rings is 1. The maximum Gasteiger partial charge on any atom is 0.183 e. The zero-order valence-electron chi connectivity index (χ0n) is 16.3. The van der Waals surface area contributed by atoms with Crippen molar-refractivity contribution in [2.24, 2.45) is 11.1 Å². The van der Waals surface area contributed by atoms with E-state index < -0.39 is 17.9 Å². The van der Waals surface area contributed by atoms with E-state index in [9.17, 15) is 10.2 Å². The maximum atomic E-state index is 10.5. The Morgan fingerprint density at radius 1 is 1.12 bits per heavy atom. The van der Waals surface area contributed by atoms with Crippen LogP contribution in [0.25, 0.3) is 0 Å². The molecular weight excluding hydrogens is 318 g/mol. The van der Waals surface area contributed by atoms with E-state index in [-0.39, 0.29) is 11.2 Å². The third-order valence-electron chi connectivity index (χ3n) is 4.73. The second-order valence-electron chi connectivity index (χ2n) is 7.07. The van der Waals surface area contributed by atoms with Gasteiger partial charge in [-0.2, -0.15) is 0 Å². The minimum absolute atomic E-state index is 0.00126. The molecule has 1 saturated heterocycles. The molecule has 5 nitrogen and oxygen atoms in total. The fourth-order valence-corrected chi connectivity index (χ4v) is 2.82. The van der Waals surface area contributed by atoms with Crippen LogP contribution in [0.1, 0.15) is 65.5 Å². The maximum absolute atomic E-state index is 10.5. The van der Waals surface area contributed by atoms with Gasteiger partial charge in [0, 0.05) is 5.41 Å². The van der Waals surface area contributed by atoms with Gasteiger partial charge in [-0.15, -0.1) is 0 Å². The van der Waals surface area contributed by atoms with Gasteiger partial charge in [-0.25, -0.2) is 0 Å². The number of ether oxygens (including phenoxy) is 2. The first kappa shape index (κ1) is 21.9. The van der Waals surface area contributed by atoms with Crippen LogP contribution >= 0.6 is 0 Å². The first-order chi connectivity index (χ1) is 11.8. The van der Waals surface area contributed by atoms with Gasteiger partial charge in [-0.05, 0) is 31.0 Å². The summed E-state index contributed by atoms with van der Waals surface area (Å²) in [5.41, 5.74) is 6.85. The lowest BCUT2D eigenvalue weighted by molar-refractivity contribution is -0.309. The van der Waals surface area contributed by atoms with Gasteiger partial charge in [0.2, 0.25) is 0 Å². The van der Waals surface area contributed by atoms with Gasteiger partial charge >= 0.3 is 0 Å². The third-order valence-corrected chi connectivity index (χ3v) is 4.73. The van der Waals surface area contributed by atoms with Crippen LogP contribution in [-0.2, 0) is 9.47 Å². The molecule has 2 atom stereocenters. The minimum atomic E-state index is -1.02. The van der Waals surface area contributed by atoms with Crippen molar-refractivity contribution in [1.29, 1.82) is 0 Å². The fourth-order valence-electron chi connectivity index (χ4n) is 2.82. The molecule has 0 saturated carbocycles. The van der Waals surface area contributed by atoms with Gasteiger partial charge < -0.3 is 25.4 Å². The van der Waals surface area contributed by atoms with E-state index in [4.69, 9.17) is 15.2 Å². The van der Waals surface area contributed by atoms with Gasteiger partial charge in [0.05, 0.1) is 25.4 Å². The number of phenols is 1. The van der Waals surface area contributed by atoms with Crippen molar-refractivity contribution >= 4 is 0 Å². The number of hydrogen-bond donors (Lipinski definition) is 3. The molecule has 0 aromatic heterocycles. The van der Waals surface area contributed by atoms with Crippen molar-refractivity contribution in [1.82, 2.24) is 0 Å². The lowest BCUT2D eigenvalue weighted by Gasteiger charge is -2.46. The van der Waals surface area contributed by atoms with Gasteiger partial charge in [-0.1, -0.05) is 52.7 Å². The number of aliphatic hydroxyl groups is 1. The van der Waals surface area contributed by atoms with Crippen LogP contribution in [0.3, 0.4) is 0 Å². The summed E-state index contributed by atoms with van der Waals surface area (Å²) in [7, 11) is 0. The topological polar surface area (TPSA) is 84.9 Å². The van der Waals surface area contributed by atoms with Gasteiger partial charge in [-0.3, -0.25) is 0 Å². The average Bonchev–Trinajstić information content (AvgIpc) is 2.64. The Kier molecular flexibility index (Phi) is 8.35. The molecule has 2 rings (SSSR count). The standard InChI is InChI=1S/C18H29NO4.C2H6/c1-4-5-10-17(2)11-22-18(3,23-12-17)16(19)15(21)13-6-8-14(20)9-7-13;1-2/h6-9,15-16,20-21H,4-5,10-12,19H2,1-3H3;1-2H3. The lowest BCUT2D eigenvalue weighted by Crippen LogP contribution is -2.58. The smallest absolute Gasteiger partial charge is 0.183 e. The molecule has 25 heavy (non-hydrogen) atoms. The van der Waals surface area contributed by atoms with Crippen molar-refractivity contribution in [3.8, 4) is 5.75 Å². The predicted molar refractivity (Wildman–Crippen MR) is 100 cm³/mol. The van der Waals surface area contributed by atoms with Crippen molar-refractivity contribution in [2.75, 3.05) is 13.2 Å². The first-order valence-electron chi connectivity index (χ1n) is 9.30. The number of unbranched alkanes of at least 4 members (excludes halogenated alkanes) is 1. The molecule has 5 heteroatoms. The second kappa shape index (κ2) is 9.53. The van der Waals surface area contributed by atoms with E-state index in [0.29, 0.717) is 18.8 Å². The highest BCUT2D eigenvalue weighted by Gasteiger charge is 2.45. The Morgan fingerprint density at radius 2 is 1.64 bits per heavy atom. The molecule has 0 aliphatic carbocycles. The molecule has 1 fully saturated rings. The molecule has 1 aromatic rings. The van der Waals surface area contributed by atoms with Crippen LogP contribution in [0.5, 0.6) is 5.75 Å². The van der Waals surface area contributed by atoms with Crippen LogP contribution in [0.2, 0.25) is 0 Å². The van der Waals surface area contributed by atoms with Crippen molar-refractivity contribution in [3.05, 3.63) is 29.8 Å². The summed E-state index contributed by atoms with van der Waals surface area (Å²) in [5, 5.41) is 19.8. The van der Waals surface area contributed by atoms with Crippen LogP contribution in [-0.4, -0.2) is 35.3 Å². The van der Waals surface area contributed by atoms with Gasteiger partial charge in [0.1, 0.15) is 5.75 Å². The first-order valence-corrected chi connectivity index (χ1v) is 9.30. The summed E-state index contributed by atoms with van der Waals surface area (Å²) in [6.07, 6.45) is 2.41. The average molecular weight is 354 g/mol. The summed E-state index contributed by atoms with van der Waals surface area (Å²) in [6.45, 7) is 11.2. The summed E-state index contributed by atoms with van der Waals surface area (Å²) < 4.78 is 11.9. The minimum Gasteiger partial charge on any atom is -0.508 e. The Bertz CT molecular complexity index is 495. The summed E-state index contributed by atoms with van der Waals surface area (Å²) >= 11 is 0. The van der Waals surface area contributed by atoms with Crippen molar-refractivity contribution in [2.45, 2.75) is 71.8 Å². The Balaban J connectivity index is 0.00000151. The summed E-state index contributed by atoms with van der Waals surface area (Å²) in [6, 6.07) is 5.63. The van der Waals surface area contributed by atoms with Crippen LogP contribution in [0.4, 0.5) is 0 Å². The Hall–Kier alpha value is -1.14. The third kappa shape index (κ3) is 5.68. The number of hydrogen-bond acceptors (Lipinski definition) is 5. The van der Waals surface area contributed by atoms with Crippen LogP contribution in [0.15, 0.2) is 24.3 Å². The predicted octanol–water partition coefficient (Wildman–Crippen LogP) is 3.74. The highest BCUT2D eigenvalue weighted by atomic mass is 16.7. The van der Waals surface area contributed by atoms with E-state index in [1.54, 1.807) is 19.1 Å². The molecule has 0 radical (unpaired) electrons. The molecule has 144 valence electrons. The summed E-state index contributed by atoms with van der Waals surface area (Å²) in [4.78, 5) is 0. The zero-order chi connectivity index (χ0) is 19.1. The molecule has 2 unspecified atom stereocenters. The summed E-state index contributed by atoms with van der Waals surface area (Å²) in [5.74, 6) is -0.874. The van der Waals surface area contributed by atoms with Gasteiger partial charge in [0.15, 0.2) is 5.79 Å². The number of rotatable bonds is 6. The molecule has 1 heterocycles. The van der Waals surface area contributed by atoms with E-state index in [1.165, 1.54) is 12.1 Å². The number of phenolic OH excluding ortho intramolecular Hbond substituents is 1. The normalized spacial score (nSPS) is 28.6. The van der Waals surface area contributed by atoms with E-state index >= 15 is 0 Å². The largest absolute Gasteiger partial charge is 0.508 e. The molecule has 0 spiro atoms. The monoisotopic (exact) mass is 353 g/mol. The number of nitrogens with two attached hydrogens (primary N) is 1. The molecule has 1 aliphatic heterocycles. The Morgan fingerprint density at radius 3 is 2.12 bits per heavy atom. The zero-order valence-corrected chi connectivity index (χ0v) is 16.3. The molecule has 4 N–H and O–H groups in total. The highest BCUT2D eigenvalue weighted by Crippen LogP contribution is 2.37. The van der Waals surface area contributed by atoms with E-state index in [1.807, 2.05) is 13.8 Å². The highest BCUT2D eigenvalue weighted by molar-refractivity contribution is 5.28. The molecule has 1 aromatic carbocycles. The van der Waals surface area contributed by atoms with Crippen molar-refractivity contribution < 1.29 is 19.7 Å². The second-order valence-corrected chi connectivity index (χ2v) is 7.07. The van der Waals surface area contributed by atoms with E-state index in [0.717, 1.165) is 19.3 Å². The van der Waals surface area contributed by atoms with Crippen molar-refractivity contribution in [3.63, 3.8) is 0 Å². The fraction of sp³-hybridized carbons (Fsp3) is 0.700. The van der Waals surface area contributed by atoms with Crippen LogP contribution < -0.4 is 5.73 Å². The molecular formula is C20H35NO4. The quantitative estimate of drug-likeness (QED) is 0.725. The van der Waals surface area contributed by atoms with Crippen LogP contribution in [0, 0.1) is 5.41 Å². The number of aromatic hydroxyl groups is 1. The molecule has 0 bridgehead atoms. The van der Waals surface area contributed by atoms with E-state index in [2.05, 4.69) is 13.8 Å². The number of aliphatic hydroxyl groups excluding tert-OH is 1. The molecule has 0 amide bonds. The molecule has 1 aliphatic rings. The lowest BCUT2D eigenvalue weighted by atomic mass is 9.85. The Labute approximate surface area is 152 Å².